The van der Waals surface area contributed by atoms with Crippen molar-refractivity contribution in [3.63, 3.8) is 0 Å². The Morgan fingerprint density at radius 1 is 1.23 bits per heavy atom. The normalized spacial score (nSPS) is 28.6. The maximum Gasteiger partial charge on any atom is 0.162 e. The van der Waals surface area contributed by atoms with Crippen LogP contribution in [0.15, 0.2) is 0 Å². The van der Waals surface area contributed by atoms with E-state index in [1.165, 1.54) is 6.92 Å². The molecule has 0 aromatic heterocycles. The van der Waals surface area contributed by atoms with Crippen molar-refractivity contribution in [1.82, 2.24) is 4.90 Å². The maximum absolute atomic E-state index is 13.1. The third-order valence-corrected chi connectivity index (χ3v) is 6.67. The van der Waals surface area contributed by atoms with Crippen molar-refractivity contribution in [2.75, 3.05) is 21.2 Å². The molecule has 1 saturated heterocycles. The summed E-state index contributed by atoms with van der Waals surface area (Å²) >= 11 is 0. The molecule has 1 rings (SSSR count). The number of ketones is 2. The van der Waals surface area contributed by atoms with Gasteiger partial charge in [-0.05, 0) is 47.7 Å². The average Bonchev–Trinajstić information content (AvgIpc) is 2.66. The first-order valence-corrected chi connectivity index (χ1v) is 11.2. The van der Waals surface area contributed by atoms with Gasteiger partial charge in [-0.3, -0.25) is 9.59 Å². The summed E-state index contributed by atoms with van der Waals surface area (Å²) in [5, 5.41) is 0. The number of ether oxygens (including phenoxy) is 3. The summed E-state index contributed by atoms with van der Waals surface area (Å²) < 4.78 is 18.7. The molecule has 1 heterocycles. The lowest BCUT2D eigenvalue weighted by Gasteiger charge is -2.49. The Labute approximate surface area is 188 Å². The number of methoxy groups -OCH3 is 1. The molecule has 1 aliphatic rings. The molecule has 0 amide bonds. The number of hydrogen-bond donors (Lipinski definition) is 0. The Kier molecular flexibility index (Phi) is 10.0. The van der Waals surface area contributed by atoms with E-state index in [1.807, 2.05) is 34.9 Å². The molecule has 7 atom stereocenters. The first kappa shape index (κ1) is 27.9. The van der Waals surface area contributed by atoms with Gasteiger partial charge in [-0.2, -0.15) is 0 Å². The lowest BCUT2D eigenvalue weighted by Crippen LogP contribution is -2.59. The summed E-state index contributed by atoms with van der Waals surface area (Å²) in [6, 6.07) is 0.258. The number of carbonyl (C=O) groups is 3. The van der Waals surface area contributed by atoms with Crippen molar-refractivity contribution in [3.8, 4) is 0 Å². The predicted molar refractivity (Wildman–Crippen MR) is 120 cm³/mol. The van der Waals surface area contributed by atoms with Gasteiger partial charge in [0.05, 0.1) is 23.5 Å². The monoisotopic (exact) mass is 441 g/mol. The molecule has 4 unspecified atom stereocenters. The van der Waals surface area contributed by atoms with Crippen LogP contribution in [0.1, 0.15) is 67.7 Å². The van der Waals surface area contributed by atoms with E-state index in [2.05, 4.69) is 11.8 Å². The number of aldehydes is 1. The zero-order chi connectivity index (χ0) is 24.1. The second kappa shape index (κ2) is 11.1. The second-order valence-corrected chi connectivity index (χ2v) is 10.3. The van der Waals surface area contributed by atoms with Crippen LogP contribution in [0, 0.1) is 17.3 Å². The largest absolute Gasteiger partial charge is 0.376 e. The van der Waals surface area contributed by atoms with Crippen LogP contribution in [-0.4, -0.2) is 74.1 Å². The highest BCUT2D eigenvalue weighted by atomic mass is 16.7. The van der Waals surface area contributed by atoms with E-state index in [4.69, 9.17) is 14.2 Å². The molecular formula is C24H43NO6. The molecular weight excluding hydrogens is 398 g/mol. The minimum absolute atomic E-state index is 0.00650. The number of carbonyl (C=O) groups excluding carboxylic acids is 3. The first-order valence-electron chi connectivity index (χ1n) is 11.2. The summed E-state index contributed by atoms with van der Waals surface area (Å²) in [5.41, 5.74) is -1.97. The minimum Gasteiger partial charge on any atom is -0.376 e. The Bertz CT molecular complexity index is 634. The quantitative estimate of drug-likeness (QED) is 0.339. The van der Waals surface area contributed by atoms with E-state index in [0.717, 1.165) is 12.7 Å². The van der Waals surface area contributed by atoms with E-state index < -0.39 is 23.4 Å². The van der Waals surface area contributed by atoms with Crippen molar-refractivity contribution >= 4 is 17.9 Å². The van der Waals surface area contributed by atoms with Gasteiger partial charge in [0.2, 0.25) is 0 Å². The maximum atomic E-state index is 13.1. The molecule has 1 fully saturated rings. The molecule has 1 aliphatic heterocycles. The van der Waals surface area contributed by atoms with Crippen LogP contribution in [0.25, 0.3) is 0 Å². The van der Waals surface area contributed by atoms with E-state index in [9.17, 15) is 14.4 Å². The zero-order valence-electron chi connectivity index (χ0n) is 21.1. The molecule has 0 spiro atoms. The zero-order valence-corrected chi connectivity index (χ0v) is 21.1. The fraction of sp³-hybridized carbons (Fsp3) is 0.875. The first-order chi connectivity index (χ1) is 14.2. The van der Waals surface area contributed by atoms with Crippen LogP contribution >= 0.6 is 0 Å². The highest BCUT2D eigenvalue weighted by Gasteiger charge is 2.52. The van der Waals surface area contributed by atoms with E-state index in [-0.39, 0.29) is 42.0 Å². The Hall–Kier alpha value is -1.15. The number of Topliss-reactive ketones (excluding diaryl/α,β-unsaturated/α-hetero) is 2. The minimum atomic E-state index is -1.03. The van der Waals surface area contributed by atoms with Crippen molar-refractivity contribution in [1.29, 1.82) is 0 Å². The molecule has 0 bridgehead atoms. The SMILES string of the molecule is CO[C@](C)(C[C@@H](C)C=O)[C@H](OC1OC(C)CC(N(C)C)C1C)C(C)(C)C(=O)CC(C)=O. The molecule has 7 nitrogen and oxygen atoms in total. The van der Waals surface area contributed by atoms with E-state index >= 15 is 0 Å². The highest BCUT2D eigenvalue weighted by molar-refractivity contribution is 6.00. The molecule has 0 aromatic rings. The van der Waals surface area contributed by atoms with Gasteiger partial charge in [0.25, 0.3) is 0 Å². The summed E-state index contributed by atoms with van der Waals surface area (Å²) in [6.45, 7) is 12.8. The summed E-state index contributed by atoms with van der Waals surface area (Å²) in [7, 11) is 5.65. The molecule has 7 heteroatoms. The fourth-order valence-electron chi connectivity index (χ4n) is 4.78. The summed E-state index contributed by atoms with van der Waals surface area (Å²) in [4.78, 5) is 38.4. The van der Waals surface area contributed by atoms with Crippen LogP contribution < -0.4 is 0 Å². The van der Waals surface area contributed by atoms with E-state index in [0.29, 0.717) is 6.42 Å². The van der Waals surface area contributed by atoms with Gasteiger partial charge in [-0.15, -0.1) is 0 Å². The van der Waals surface area contributed by atoms with Crippen molar-refractivity contribution in [2.24, 2.45) is 17.3 Å². The average molecular weight is 442 g/mol. The van der Waals surface area contributed by atoms with Crippen LogP contribution in [0.2, 0.25) is 0 Å². The topological polar surface area (TPSA) is 82.1 Å². The summed E-state index contributed by atoms with van der Waals surface area (Å²) in [5.74, 6) is -0.640. The molecule has 0 aromatic carbocycles. The Balaban J connectivity index is 3.39. The number of nitrogens with zero attached hydrogens (tertiary/aromatic N) is 1. The third kappa shape index (κ3) is 6.91. The molecule has 180 valence electrons. The Morgan fingerprint density at radius 3 is 2.26 bits per heavy atom. The predicted octanol–water partition coefficient (Wildman–Crippen LogP) is 3.28. The van der Waals surface area contributed by atoms with Crippen LogP contribution in [0.4, 0.5) is 0 Å². The van der Waals surface area contributed by atoms with Crippen molar-refractivity contribution < 1.29 is 28.6 Å². The molecule has 0 radical (unpaired) electrons. The van der Waals surface area contributed by atoms with Crippen LogP contribution in [0.3, 0.4) is 0 Å². The van der Waals surface area contributed by atoms with Gasteiger partial charge < -0.3 is 23.9 Å². The fourth-order valence-corrected chi connectivity index (χ4v) is 4.78. The Morgan fingerprint density at radius 2 is 1.81 bits per heavy atom. The highest BCUT2D eigenvalue weighted by Crippen LogP contribution is 2.41. The third-order valence-electron chi connectivity index (χ3n) is 6.67. The second-order valence-electron chi connectivity index (χ2n) is 10.3. The van der Waals surface area contributed by atoms with Gasteiger partial charge >= 0.3 is 0 Å². The molecule has 0 N–H and O–H groups in total. The smallest absolute Gasteiger partial charge is 0.162 e. The molecule has 31 heavy (non-hydrogen) atoms. The van der Waals surface area contributed by atoms with Gasteiger partial charge in [-0.1, -0.05) is 27.7 Å². The van der Waals surface area contributed by atoms with Crippen molar-refractivity contribution in [2.45, 2.75) is 97.9 Å². The lowest BCUT2D eigenvalue weighted by atomic mass is 9.71. The molecule has 0 aliphatic carbocycles. The standard InChI is InChI=1S/C24H43NO6/c1-15(14-26)13-24(7,29-10)22(23(5,6)20(28)11-16(2)27)31-21-18(4)19(25(8)9)12-17(3)30-21/h14-15,17-19,21-22H,11-13H2,1-10H3/t15-,17?,18?,19?,21?,22-,24-/m1/s1. The van der Waals surface area contributed by atoms with Gasteiger partial charge in [-0.25, -0.2) is 0 Å². The van der Waals surface area contributed by atoms with Crippen molar-refractivity contribution in [3.05, 3.63) is 0 Å². The number of rotatable bonds is 12. The lowest BCUT2D eigenvalue weighted by molar-refractivity contribution is -0.289. The van der Waals surface area contributed by atoms with Gasteiger partial charge in [0.15, 0.2) is 6.29 Å². The summed E-state index contributed by atoms with van der Waals surface area (Å²) in [6.07, 6.45) is 0.687. The molecule has 0 saturated carbocycles. The van der Waals surface area contributed by atoms with Gasteiger partial charge in [0, 0.05) is 25.0 Å². The van der Waals surface area contributed by atoms with Crippen LogP contribution in [-0.2, 0) is 28.6 Å². The van der Waals surface area contributed by atoms with Gasteiger partial charge in [0.1, 0.15) is 24.0 Å². The van der Waals surface area contributed by atoms with E-state index in [1.54, 1.807) is 21.0 Å². The number of hydrogen-bond acceptors (Lipinski definition) is 7. The van der Waals surface area contributed by atoms with Crippen LogP contribution in [0.5, 0.6) is 0 Å².